The number of aromatic nitrogens is 2. The summed E-state index contributed by atoms with van der Waals surface area (Å²) in [6.45, 7) is 1.75. The number of fused-ring (bicyclic) bond motifs is 1. The van der Waals surface area contributed by atoms with E-state index in [0.717, 1.165) is 26.6 Å². The summed E-state index contributed by atoms with van der Waals surface area (Å²) in [6.07, 6.45) is 1.38. The number of aliphatic hydroxyl groups is 1. The van der Waals surface area contributed by atoms with Gasteiger partial charge in [0.1, 0.15) is 0 Å². The van der Waals surface area contributed by atoms with Crippen molar-refractivity contribution in [2.24, 2.45) is 0 Å². The minimum atomic E-state index is -0.472. The summed E-state index contributed by atoms with van der Waals surface area (Å²) < 4.78 is 2.81. The minimum absolute atomic E-state index is 0.472. The fourth-order valence-corrected chi connectivity index (χ4v) is 2.68. The first-order valence-corrected chi connectivity index (χ1v) is 6.87. The molecule has 0 fully saturated rings. The summed E-state index contributed by atoms with van der Waals surface area (Å²) >= 11 is 3.55. The molecule has 0 aliphatic carbocycles. The van der Waals surface area contributed by atoms with Crippen molar-refractivity contribution in [3.8, 4) is 5.69 Å². The maximum atomic E-state index is 9.60. The summed E-state index contributed by atoms with van der Waals surface area (Å²) in [6, 6.07) is 13.9. The van der Waals surface area contributed by atoms with E-state index in [0.29, 0.717) is 0 Å². The van der Waals surface area contributed by atoms with E-state index in [4.69, 9.17) is 0 Å². The highest BCUT2D eigenvalue weighted by Gasteiger charge is 2.10. The predicted octanol–water partition coefficient (Wildman–Crippen LogP) is 3.84. The van der Waals surface area contributed by atoms with Crippen molar-refractivity contribution in [2.75, 3.05) is 0 Å². The zero-order valence-corrected chi connectivity index (χ0v) is 12.0. The molecule has 0 aliphatic heterocycles. The minimum Gasteiger partial charge on any atom is -0.389 e. The Kier molecular flexibility index (Phi) is 3.12. The van der Waals surface area contributed by atoms with Crippen molar-refractivity contribution < 1.29 is 5.11 Å². The third-order valence-electron chi connectivity index (χ3n) is 3.16. The maximum absolute atomic E-state index is 9.60. The largest absolute Gasteiger partial charge is 0.389 e. The molecule has 1 aromatic heterocycles. The van der Waals surface area contributed by atoms with Crippen molar-refractivity contribution in [3.05, 3.63) is 58.7 Å². The van der Waals surface area contributed by atoms with Gasteiger partial charge in [-0.05, 0) is 46.6 Å². The summed E-state index contributed by atoms with van der Waals surface area (Å²) in [5.41, 5.74) is 2.91. The molecule has 3 nitrogen and oxygen atoms in total. The van der Waals surface area contributed by atoms with E-state index in [1.807, 2.05) is 53.3 Å². The van der Waals surface area contributed by atoms with Crippen LogP contribution < -0.4 is 0 Å². The lowest BCUT2D eigenvalue weighted by atomic mass is 10.1. The molecule has 19 heavy (non-hydrogen) atoms. The first-order valence-electron chi connectivity index (χ1n) is 6.07. The molecular formula is C15H13BrN2O. The highest BCUT2D eigenvalue weighted by molar-refractivity contribution is 9.10. The molecule has 3 aromatic rings. The number of hydrogen-bond donors (Lipinski definition) is 1. The normalized spacial score (nSPS) is 12.8. The monoisotopic (exact) mass is 316 g/mol. The molecule has 1 heterocycles. The third-order valence-corrected chi connectivity index (χ3v) is 3.79. The lowest BCUT2D eigenvalue weighted by molar-refractivity contribution is 0.199. The molecule has 0 spiro atoms. The Morgan fingerprint density at radius 1 is 1.21 bits per heavy atom. The van der Waals surface area contributed by atoms with Crippen molar-refractivity contribution in [1.82, 2.24) is 9.78 Å². The molecule has 0 bridgehead atoms. The van der Waals surface area contributed by atoms with Crippen molar-refractivity contribution in [2.45, 2.75) is 13.0 Å². The average Bonchev–Trinajstić information content (AvgIpc) is 2.82. The summed E-state index contributed by atoms with van der Waals surface area (Å²) in [7, 11) is 0. The van der Waals surface area contributed by atoms with Gasteiger partial charge in [-0.15, -0.1) is 0 Å². The zero-order chi connectivity index (χ0) is 13.4. The van der Waals surface area contributed by atoms with Crippen LogP contribution >= 0.6 is 15.9 Å². The van der Waals surface area contributed by atoms with Crippen LogP contribution in [-0.4, -0.2) is 14.9 Å². The van der Waals surface area contributed by atoms with Crippen LogP contribution in [0.25, 0.3) is 16.6 Å². The van der Waals surface area contributed by atoms with Gasteiger partial charge in [-0.3, -0.25) is 0 Å². The molecule has 0 amide bonds. The van der Waals surface area contributed by atoms with E-state index < -0.39 is 6.10 Å². The smallest absolute Gasteiger partial charge is 0.0795 e. The number of hydrogen-bond acceptors (Lipinski definition) is 2. The van der Waals surface area contributed by atoms with Gasteiger partial charge in [0.15, 0.2) is 0 Å². The van der Waals surface area contributed by atoms with Gasteiger partial charge in [0.25, 0.3) is 0 Å². The summed E-state index contributed by atoms with van der Waals surface area (Å²) in [5.74, 6) is 0. The zero-order valence-electron chi connectivity index (χ0n) is 10.4. The molecule has 0 saturated heterocycles. The van der Waals surface area contributed by atoms with Gasteiger partial charge in [0, 0.05) is 9.86 Å². The predicted molar refractivity (Wildman–Crippen MR) is 79.4 cm³/mol. The van der Waals surface area contributed by atoms with Crippen LogP contribution in [0.1, 0.15) is 18.6 Å². The molecule has 0 saturated carbocycles. The van der Waals surface area contributed by atoms with Gasteiger partial charge in [-0.1, -0.05) is 24.3 Å². The first-order chi connectivity index (χ1) is 9.16. The van der Waals surface area contributed by atoms with Crippen molar-refractivity contribution in [3.63, 3.8) is 0 Å². The van der Waals surface area contributed by atoms with Crippen molar-refractivity contribution in [1.29, 1.82) is 0 Å². The van der Waals surface area contributed by atoms with Crippen LogP contribution in [0.4, 0.5) is 0 Å². The van der Waals surface area contributed by atoms with E-state index >= 15 is 0 Å². The number of para-hydroxylation sites is 1. The number of benzene rings is 2. The standard InChI is InChI=1S/C15H13BrN2O/c1-10(19)11-6-7-15(13(16)8-11)18-14-5-3-2-4-12(14)9-17-18/h2-10,19H,1H3/t10-/m0/s1. The quantitative estimate of drug-likeness (QED) is 0.780. The highest BCUT2D eigenvalue weighted by Crippen LogP contribution is 2.27. The Morgan fingerprint density at radius 2 is 2.00 bits per heavy atom. The Hall–Kier alpha value is -1.65. The Balaban J connectivity index is 2.17. The lowest BCUT2D eigenvalue weighted by Gasteiger charge is -2.10. The molecule has 96 valence electrons. The molecule has 1 N–H and O–H groups in total. The lowest BCUT2D eigenvalue weighted by Crippen LogP contribution is -1.99. The number of aliphatic hydroxyl groups excluding tert-OH is 1. The average molecular weight is 317 g/mol. The van der Waals surface area contributed by atoms with Crippen LogP contribution in [0.3, 0.4) is 0 Å². The van der Waals surface area contributed by atoms with Crippen LogP contribution in [0.15, 0.2) is 53.1 Å². The van der Waals surface area contributed by atoms with E-state index in [-0.39, 0.29) is 0 Å². The fourth-order valence-electron chi connectivity index (χ4n) is 2.12. The fraction of sp³-hybridized carbons (Fsp3) is 0.133. The second-order valence-electron chi connectivity index (χ2n) is 4.50. The van der Waals surface area contributed by atoms with Gasteiger partial charge in [0.05, 0.1) is 23.5 Å². The van der Waals surface area contributed by atoms with E-state index in [1.165, 1.54) is 0 Å². The number of halogens is 1. The SMILES string of the molecule is C[C@H](O)c1ccc(-n2ncc3ccccc32)c(Br)c1. The van der Waals surface area contributed by atoms with E-state index in [1.54, 1.807) is 6.92 Å². The van der Waals surface area contributed by atoms with E-state index in [9.17, 15) is 5.11 Å². The molecule has 0 aliphatic rings. The Bertz CT molecular complexity index is 734. The molecular weight excluding hydrogens is 304 g/mol. The Labute approximate surface area is 119 Å². The van der Waals surface area contributed by atoms with Gasteiger partial charge >= 0.3 is 0 Å². The Morgan fingerprint density at radius 3 is 2.74 bits per heavy atom. The number of nitrogens with zero attached hydrogens (tertiary/aromatic N) is 2. The molecule has 0 radical (unpaired) electrons. The number of rotatable bonds is 2. The van der Waals surface area contributed by atoms with E-state index in [2.05, 4.69) is 21.0 Å². The molecule has 2 aromatic carbocycles. The molecule has 3 rings (SSSR count). The second kappa shape index (κ2) is 4.79. The van der Waals surface area contributed by atoms with Gasteiger partial charge in [0.2, 0.25) is 0 Å². The summed E-state index contributed by atoms with van der Waals surface area (Å²) in [5, 5.41) is 15.1. The van der Waals surface area contributed by atoms with Gasteiger partial charge < -0.3 is 5.11 Å². The molecule has 4 heteroatoms. The first kappa shape index (κ1) is 12.4. The third kappa shape index (κ3) is 2.17. The van der Waals surface area contributed by atoms with Crippen molar-refractivity contribution >= 4 is 26.8 Å². The summed E-state index contributed by atoms with van der Waals surface area (Å²) in [4.78, 5) is 0. The van der Waals surface area contributed by atoms with Crippen LogP contribution in [0, 0.1) is 0 Å². The molecule has 1 atom stereocenters. The topological polar surface area (TPSA) is 38.0 Å². The van der Waals surface area contributed by atoms with Crippen LogP contribution in [-0.2, 0) is 0 Å². The highest BCUT2D eigenvalue weighted by atomic mass is 79.9. The van der Waals surface area contributed by atoms with Gasteiger partial charge in [-0.2, -0.15) is 5.10 Å². The van der Waals surface area contributed by atoms with Crippen LogP contribution in [0.2, 0.25) is 0 Å². The van der Waals surface area contributed by atoms with Crippen LogP contribution in [0.5, 0.6) is 0 Å². The molecule has 0 unspecified atom stereocenters. The second-order valence-corrected chi connectivity index (χ2v) is 5.36. The van der Waals surface area contributed by atoms with Gasteiger partial charge in [-0.25, -0.2) is 4.68 Å². The maximum Gasteiger partial charge on any atom is 0.0795 e.